The van der Waals surface area contributed by atoms with Crippen LogP contribution in [0.4, 0.5) is 13.2 Å². The molecule has 8 heteroatoms. The fourth-order valence-electron chi connectivity index (χ4n) is 1.28. The van der Waals surface area contributed by atoms with Crippen LogP contribution in [0.3, 0.4) is 0 Å². The average Bonchev–Trinajstić information content (AvgIpc) is 2.22. The number of carboxylic acid groups (broad SMARTS) is 1. The molecule has 0 aromatic rings. The molecule has 0 spiro atoms. The van der Waals surface area contributed by atoms with Crippen LogP contribution < -0.4 is 5.32 Å². The number of carbonyl (C=O) groups excluding carboxylic acids is 1. The quantitative estimate of drug-likeness (QED) is 0.709. The van der Waals surface area contributed by atoms with E-state index in [1.807, 2.05) is 0 Å². The molecule has 0 saturated heterocycles. The molecular formula is C11H18F3NO3S. The van der Waals surface area contributed by atoms with Gasteiger partial charge in [0.05, 0.1) is 5.41 Å². The molecule has 0 aliphatic heterocycles. The Hall–Kier alpha value is -0.920. The topological polar surface area (TPSA) is 66.4 Å². The number of hydrogen-bond acceptors (Lipinski definition) is 3. The molecule has 1 atom stereocenters. The fourth-order valence-corrected chi connectivity index (χ4v) is 1.72. The smallest absolute Gasteiger partial charge is 0.441 e. The summed E-state index contributed by atoms with van der Waals surface area (Å²) in [5.41, 5.74) is -5.54. The van der Waals surface area contributed by atoms with Crippen molar-refractivity contribution in [2.45, 2.75) is 32.7 Å². The Balaban J connectivity index is 4.20. The summed E-state index contributed by atoms with van der Waals surface area (Å²) in [6.07, 6.45) is -0.253. The Morgan fingerprint density at radius 2 is 1.84 bits per heavy atom. The summed E-state index contributed by atoms with van der Waals surface area (Å²) >= 11 is -0.225. The second kappa shape index (κ2) is 7.02. The summed E-state index contributed by atoms with van der Waals surface area (Å²) in [4.78, 5) is 22.7. The van der Waals surface area contributed by atoms with E-state index >= 15 is 0 Å². The first-order valence-electron chi connectivity index (χ1n) is 5.70. The summed E-state index contributed by atoms with van der Waals surface area (Å²) in [5, 5.41) is 11.4. The van der Waals surface area contributed by atoms with Crippen LogP contribution in [-0.4, -0.2) is 34.8 Å². The second-order valence-corrected chi connectivity index (χ2v) is 5.86. The first kappa shape index (κ1) is 18.1. The van der Waals surface area contributed by atoms with Gasteiger partial charge in [-0.2, -0.15) is 13.2 Å². The Labute approximate surface area is 114 Å². The molecule has 112 valence electrons. The maximum Gasteiger partial charge on any atom is 0.441 e. The van der Waals surface area contributed by atoms with Crippen LogP contribution in [0.5, 0.6) is 0 Å². The van der Waals surface area contributed by atoms with E-state index in [1.165, 1.54) is 6.92 Å². The number of rotatable bonds is 7. The molecule has 4 nitrogen and oxygen atoms in total. The minimum Gasteiger partial charge on any atom is -0.481 e. The molecule has 0 aliphatic rings. The van der Waals surface area contributed by atoms with Crippen LogP contribution in [0.1, 0.15) is 27.2 Å². The Bertz CT molecular complexity index is 334. The molecule has 2 N–H and O–H groups in total. The highest BCUT2D eigenvalue weighted by Gasteiger charge is 2.38. The Kier molecular flexibility index (Phi) is 6.68. The van der Waals surface area contributed by atoms with Crippen LogP contribution in [0, 0.1) is 11.3 Å². The number of nitrogens with one attached hydrogen (secondary N) is 1. The third kappa shape index (κ3) is 6.70. The van der Waals surface area contributed by atoms with Gasteiger partial charge in [-0.05, 0) is 24.6 Å². The zero-order valence-electron chi connectivity index (χ0n) is 11.0. The van der Waals surface area contributed by atoms with Gasteiger partial charge < -0.3 is 10.4 Å². The highest BCUT2D eigenvalue weighted by molar-refractivity contribution is 8.00. The molecule has 0 rings (SSSR count). The molecule has 0 heterocycles. The largest absolute Gasteiger partial charge is 0.481 e. The van der Waals surface area contributed by atoms with E-state index in [0.717, 1.165) is 0 Å². The van der Waals surface area contributed by atoms with E-state index in [4.69, 9.17) is 5.11 Å². The summed E-state index contributed by atoms with van der Waals surface area (Å²) < 4.78 is 35.5. The van der Waals surface area contributed by atoms with Crippen LogP contribution in [0.15, 0.2) is 0 Å². The number of hydrogen-bond donors (Lipinski definition) is 2. The van der Waals surface area contributed by atoms with Crippen LogP contribution >= 0.6 is 11.8 Å². The van der Waals surface area contributed by atoms with Gasteiger partial charge in [0.2, 0.25) is 5.91 Å². The zero-order valence-corrected chi connectivity index (χ0v) is 11.8. The lowest BCUT2D eigenvalue weighted by Gasteiger charge is -2.28. The lowest BCUT2D eigenvalue weighted by atomic mass is 9.76. The van der Waals surface area contributed by atoms with Crippen LogP contribution in [0.2, 0.25) is 0 Å². The molecule has 0 aliphatic carbocycles. The Morgan fingerprint density at radius 3 is 2.21 bits per heavy atom. The maximum atomic E-state index is 11.8. The van der Waals surface area contributed by atoms with Crippen molar-refractivity contribution < 1.29 is 27.9 Å². The van der Waals surface area contributed by atoms with Gasteiger partial charge in [0.15, 0.2) is 0 Å². The lowest BCUT2D eigenvalue weighted by Crippen LogP contribution is -2.39. The van der Waals surface area contributed by atoms with E-state index in [0.29, 0.717) is 0 Å². The monoisotopic (exact) mass is 301 g/mol. The number of halogens is 3. The predicted octanol–water partition coefficient (Wildman–Crippen LogP) is 2.49. The van der Waals surface area contributed by atoms with Gasteiger partial charge in [-0.1, -0.05) is 13.8 Å². The number of thioether (sulfide) groups is 1. The van der Waals surface area contributed by atoms with Crippen molar-refractivity contribution in [3.63, 3.8) is 0 Å². The molecule has 19 heavy (non-hydrogen) atoms. The molecule has 0 saturated carbocycles. The third-order valence-electron chi connectivity index (χ3n) is 2.98. The lowest BCUT2D eigenvalue weighted by molar-refractivity contribution is -0.153. The van der Waals surface area contributed by atoms with Crippen LogP contribution in [0.25, 0.3) is 0 Å². The van der Waals surface area contributed by atoms with E-state index in [9.17, 15) is 22.8 Å². The standard InChI is InChI=1S/C11H18F3NO3S/c1-7(2)10(3,9(17)18)6-8(16)15-4-5-19-11(12,13)14/h7H,4-6H2,1-3H3,(H,15,16)(H,17,18). The molecule has 1 amide bonds. The highest BCUT2D eigenvalue weighted by atomic mass is 32.2. The van der Waals surface area contributed by atoms with Crippen molar-refractivity contribution >= 4 is 23.6 Å². The first-order chi connectivity index (χ1) is 8.49. The molecule has 0 radical (unpaired) electrons. The summed E-state index contributed by atoms with van der Waals surface area (Å²) in [6.45, 7) is 4.67. The number of alkyl halides is 3. The zero-order chi connectivity index (χ0) is 15.3. The molecule has 0 fully saturated rings. The van der Waals surface area contributed by atoms with Crippen molar-refractivity contribution in [2.24, 2.45) is 11.3 Å². The van der Waals surface area contributed by atoms with Gasteiger partial charge in [-0.15, -0.1) is 0 Å². The van der Waals surface area contributed by atoms with Gasteiger partial charge in [-0.3, -0.25) is 9.59 Å². The van der Waals surface area contributed by atoms with E-state index < -0.39 is 22.8 Å². The summed E-state index contributed by atoms with van der Waals surface area (Å²) in [5.74, 6) is -2.20. The number of carbonyl (C=O) groups is 2. The van der Waals surface area contributed by atoms with Crippen molar-refractivity contribution in [1.29, 1.82) is 0 Å². The number of amides is 1. The molecule has 0 aromatic carbocycles. The average molecular weight is 301 g/mol. The van der Waals surface area contributed by atoms with Gasteiger partial charge in [0, 0.05) is 18.7 Å². The molecule has 0 aromatic heterocycles. The van der Waals surface area contributed by atoms with Gasteiger partial charge in [0.25, 0.3) is 0 Å². The number of aliphatic carboxylic acids is 1. The van der Waals surface area contributed by atoms with E-state index in [1.54, 1.807) is 13.8 Å². The minimum absolute atomic E-state index is 0.142. The van der Waals surface area contributed by atoms with E-state index in [2.05, 4.69) is 5.32 Å². The minimum atomic E-state index is -4.32. The van der Waals surface area contributed by atoms with Crippen molar-refractivity contribution in [2.75, 3.05) is 12.3 Å². The maximum absolute atomic E-state index is 11.8. The third-order valence-corrected chi connectivity index (χ3v) is 3.72. The Morgan fingerprint density at radius 1 is 1.32 bits per heavy atom. The molecule has 1 unspecified atom stereocenters. The van der Waals surface area contributed by atoms with Gasteiger partial charge in [0.1, 0.15) is 0 Å². The molecule has 0 bridgehead atoms. The summed E-state index contributed by atoms with van der Waals surface area (Å²) in [6, 6.07) is 0. The van der Waals surface area contributed by atoms with Crippen molar-refractivity contribution in [1.82, 2.24) is 5.32 Å². The normalized spacial score (nSPS) is 15.1. The summed E-state index contributed by atoms with van der Waals surface area (Å²) in [7, 11) is 0. The SMILES string of the molecule is CC(C)C(C)(CC(=O)NCCSC(F)(F)F)C(=O)O. The number of carboxylic acids is 1. The second-order valence-electron chi connectivity index (χ2n) is 4.70. The molecular weight excluding hydrogens is 283 g/mol. The van der Waals surface area contributed by atoms with Gasteiger partial charge >= 0.3 is 11.5 Å². The fraction of sp³-hybridized carbons (Fsp3) is 0.818. The van der Waals surface area contributed by atoms with E-state index in [-0.39, 0.29) is 36.4 Å². The highest BCUT2D eigenvalue weighted by Crippen LogP contribution is 2.31. The van der Waals surface area contributed by atoms with Gasteiger partial charge in [-0.25, -0.2) is 0 Å². The first-order valence-corrected chi connectivity index (χ1v) is 6.68. The van der Waals surface area contributed by atoms with Crippen molar-refractivity contribution in [3.8, 4) is 0 Å². The van der Waals surface area contributed by atoms with Crippen LogP contribution in [-0.2, 0) is 9.59 Å². The van der Waals surface area contributed by atoms with Crippen molar-refractivity contribution in [3.05, 3.63) is 0 Å². The predicted molar refractivity (Wildman–Crippen MR) is 66.7 cm³/mol.